The van der Waals surface area contributed by atoms with Crippen molar-refractivity contribution in [1.82, 2.24) is 14.9 Å². The molecule has 0 saturated heterocycles. The summed E-state index contributed by atoms with van der Waals surface area (Å²) in [7, 11) is 1.93. The second kappa shape index (κ2) is 6.35. The summed E-state index contributed by atoms with van der Waals surface area (Å²) in [6.07, 6.45) is 6.03. The van der Waals surface area contributed by atoms with Gasteiger partial charge in [0.15, 0.2) is 5.16 Å². The molecule has 0 bridgehead atoms. The third kappa shape index (κ3) is 3.67. The number of hydrogen-bond donors (Lipinski definition) is 1. The van der Waals surface area contributed by atoms with Crippen LogP contribution in [-0.4, -0.2) is 21.2 Å². The number of carbonyl (C=O) groups excluding carboxylic acids is 1. The van der Waals surface area contributed by atoms with Crippen molar-refractivity contribution < 1.29 is 4.79 Å². The largest absolute Gasteiger partial charge is 0.348 e. The number of rotatable bonds is 6. The Kier molecular flexibility index (Phi) is 4.29. The lowest BCUT2D eigenvalue weighted by Gasteiger charge is -2.18. The minimum atomic E-state index is 0.0729. The SMILES string of the molecule is Cn1ccnc1SCC(=O)NC(c1ccccc1)C1CC1. The molecule has 1 heterocycles. The zero-order valence-electron chi connectivity index (χ0n) is 12.0. The summed E-state index contributed by atoms with van der Waals surface area (Å²) < 4.78 is 1.92. The van der Waals surface area contributed by atoms with Crippen LogP contribution in [0.15, 0.2) is 47.9 Å². The van der Waals surface area contributed by atoms with E-state index in [0.717, 1.165) is 5.16 Å². The number of nitrogens with one attached hydrogen (secondary N) is 1. The van der Waals surface area contributed by atoms with E-state index in [1.54, 1.807) is 6.20 Å². The van der Waals surface area contributed by atoms with Gasteiger partial charge in [-0.25, -0.2) is 4.98 Å². The van der Waals surface area contributed by atoms with Gasteiger partial charge in [-0.1, -0.05) is 42.1 Å². The van der Waals surface area contributed by atoms with Crippen LogP contribution in [0.1, 0.15) is 24.4 Å². The molecule has 1 amide bonds. The number of aromatic nitrogens is 2. The Bertz CT molecular complexity index is 607. The Hall–Kier alpha value is -1.75. The van der Waals surface area contributed by atoms with Crippen molar-refractivity contribution in [1.29, 1.82) is 0 Å². The summed E-state index contributed by atoms with van der Waals surface area (Å²) in [6.45, 7) is 0. The highest BCUT2D eigenvalue weighted by molar-refractivity contribution is 7.99. The summed E-state index contributed by atoms with van der Waals surface area (Å²) in [4.78, 5) is 16.4. The second-order valence-corrected chi connectivity index (χ2v) is 6.35. The second-order valence-electron chi connectivity index (χ2n) is 5.40. The highest BCUT2D eigenvalue weighted by atomic mass is 32.2. The molecule has 0 spiro atoms. The van der Waals surface area contributed by atoms with Crippen LogP contribution in [0.5, 0.6) is 0 Å². The summed E-state index contributed by atoms with van der Waals surface area (Å²) in [5, 5.41) is 4.05. The molecule has 3 rings (SSSR count). The minimum Gasteiger partial charge on any atom is -0.348 e. The van der Waals surface area contributed by atoms with Gasteiger partial charge in [0.05, 0.1) is 11.8 Å². The fourth-order valence-electron chi connectivity index (χ4n) is 2.40. The molecule has 1 fully saturated rings. The van der Waals surface area contributed by atoms with E-state index >= 15 is 0 Å². The van der Waals surface area contributed by atoms with Crippen molar-refractivity contribution in [2.75, 3.05) is 5.75 Å². The fourth-order valence-corrected chi connectivity index (χ4v) is 3.14. The number of benzene rings is 1. The molecule has 1 aromatic carbocycles. The number of carbonyl (C=O) groups is 1. The van der Waals surface area contributed by atoms with E-state index < -0.39 is 0 Å². The molecule has 1 aliphatic carbocycles. The number of amides is 1. The summed E-state index contributed by atoms with van der Waals surface area (Å²) >= 11 is 1.47. The Morgan fingerprint density at radius 3 is 2.81 bits per heavy atom. The lowest BCUT2D eigenvalue weighted by Crippen LogP contribution is -2.31. The molecule has 4 nitrogen and oxygen atoms in total. The van der Waals surface area contributed by atoms with Gasteiger partial charge >= 0.3 is 0 Å². The summed E-state index contributed by atoms with van der Waals surface area (Å²) in [5.74, 6) is 1.07. The van der Waals surface area contributed by atoms with Gasteiger partial charge in [0.2, 0.25) is 5.91 Å². The molecule has 1 unspecified atom stereocenters. The normalized spacial score (nSPS) is 15.7. The molecular formula is C16H19N3OS. The third-order valence-electron chi connectivity index (χ3n) is 3.68. The van der Waals surface area contributed by atoms with Crippen LogP contribution in [0, 0.1) is 5.92 Å². The van der Waals surface area contributed by atoms with Crippen molar-refractivity contribution in [2.24, 2.45) is 13.0 Å². The van der Waals surface area contributed by atoms with Crippen molar-refractivity contribution in [3.63, 3.8) is 0 Å². The smallest absolute Gasteiger partial charge is 0.230 e. The molecule has 0 aliphatic heterocycles. The molecule has 1 saturated carbocycles. The first kappa shape index (κ1) is 14.2. The van der Waals surface area contributed by atoms with Gasteiger partial charge in [0.1, 0.15) is 0 Å². The van der Waals surface area contributed by atoms with Gasteiger partial charge < -0.3 is 9.88 Å². The van der Waals surface area contributed by atoms with Crippen molar-refractivity contribution in [3.8, 4) is 0 Å². The third-order valence-corrected chi connectivity index (χ3v) is 4.74. The van der Waals surface area contributed by atoms with Gasteiger partial charge in [-0.05, 0) is 24.3 Å². The molecule has 2 aromatic rings. The number of hydrogen-bond acceptors (Lipinski definition) is 3. The lowest BCUT2D eigenvalue weighted by atomic mass is 10.0. The van der Waals surface area contributed by atoms with E-state index in [9.17, 15) is 4.79 Å². The zero-order valence-corrected chi connectivity index (χ0v) is 12.8. The van der Waals surface area contributed by atoms with E-state index in [2.05, 4.69) is 22.4 Å². The maximum Gasteiger partial charge on any atom is 0.230 e. The molecule has 1 aliphatic rings. The molecule has 1 N–H and O–H groups in total. The molecule has 5 heteroatoms. The lowest BCUT2D eigenvalue weighted by molar-refractivity contribution is -0.119. The number of nitrogens with zero attached hydrogens (tertiary/aromatic N) is 2. The topological polar surface area (TPSA) is 46.9 Å². The number of aryl methyl sites for hydroxylation is 1. The minimum absolute atomic E-state index is 0.0729. The van der Waals surface area contributed by atoms with Crippen molar-refractivity contribution in [2.45, 2.75) is 24.0 Å². The summed E-state index contributed by atoms with van der Waals surface area (Å²) in [5.41, 5.74) is 1.20. The van der Waals surface area contributed by atoms with Crippen LogP contribution in [0.3, 0.4) is 0 Å². The highest BCUT2D eigenvalue weighted by Gasteiger charge is 2.33. The average molecular weight is 301 g/mol. The summed E-state index contributed by atoms with van der Waals surface area (Å²) in [6, 6.07) is 10.4. The first-order valence-electron chi connectivity index (χ1n) is 7.18. The van der Waals surface area contributed by atoms with Gasteiger partial charge in [0.25, 0.3) is 0 Å². The molecule has 1 atom stereocenters. The van der Waals surface area contributed by atoms with Gasteiger partial charge in [-0.2, -0.15) is 0 Å². The maximum atomic E-state index is 12.2. The quantitative estimate of drug-likeness (QED) is 0.835. The van der Waals surface area contributed by atoms with Gasteiger partial charge in [-0.3, -0.25) is 4.79 Å². The van der Waals surface area contributed by atoms with E-state index in [0.29, 0.717) is 11.7 Å². The molecule has 0 radical (unpaired) electrons. The van der Waals surface area contributed by atoms with Crippen LogP contribution >= 0.6 is 11.8 Å². The standard InChI is InChI=1S/C16H19N3OS/c1-19-10-9-17-16(19)21-11-14(20)18-15(13-7-8-13)12-5-3-2-4-6-12/h2-6,9-10,13,15H,7-8,11H2,1H3,(H,18,20). The Morgan fingerprint density at radius 2 is 2.19 bits per heavy atom. The molecular weight excluding hydrogens is 282 g/mol. The monoisotopic (exact) mass is 301 g/mol. The average Bonchev–Trinajstić information content (AvgIpc) is 3.26. The van der Waals surface area contributed by atoms with Crippen LogP contribution < -0.4 is 5.32 Å². The van der Waals surface area contributed by atoms with Crippen LogP contribution in [0.2, 0.25) is 0 Å². The first-order chi connectivity index (χ1) is 10.2. The Balaban J connectivity index is 1.58. The highest BCUT2D eigenvalue weighted by Crippen LogP contribution is 2.40. The van der Waals surface area contributed by atoms with Crippen LogP contribution in [-0.2, 0) is 11.8 Å². The fraction of sp³-hybridized carbons (Fsp3) is 0.375. The van der Waals surface area contributed by atoms with Gasteiger partial charge in [0, 0.05) is 19.4 Å². The van der Waals surface area contributed by atoms with Crippen LogP contribution in [0.25, 0.3) is 0 Å². The van der Waals surface area contributed by atoms with E-state index in [-0.39, 0.29) is 11.9 Å². The van der Waals surface area contributed by atoms with E-state index in [4.69, 9.17) is 0 Å². The number of imidazole rings is 1. The Labute approximate surface area is 129 Å². The van der Waals surface area contributed by atoms with E-state index in [1.807, 2.05) is 36.0 Å². The number of thioether (sulfide) groups is 1. The predicted molar refractivity (Wildman–Crippen MR) is 84.0 cm³/mol. The van der Waals surface area contributed by atoms with Crippen LogP contribution in [0.4, 0.5) is 0 Å². The zero-order chi connectivity index (χ0) is 14.7. The van der Waals surface area contributed by atoms with E-state index in [1.165, 1.54) is 30.2 Å². The molecule has 1 aromatic heterocycles. The predicted octanol–water partition coefficient (Wildman–Crippen LogP) is 2.78. The molecule has 110 valence electrons. The Morgan fingerprint density at radius 1 is 1.43 bits per heavy atom. The maximum absolute atomic E-state index is 12.2. The van der Waals surface area contributed by atoms with Crippen molar-refractivity contribution >= 4 is 17.7 Å². The first-order valence-corrected chi connectivity index (χ1v) is 8.17. The van der Waals surface area contributed by atoms with Gasteiger partial charge in [-0.15, -0.1) is 0 Å². The molecule has 21 heavy (non-hydrogen) atoms. The van der Waals surface area contributed by atoms with Crippen molar-refractivity contribution in [3.05, 3.63) is 48.3 Å².